The molecule has 4 aliphatic carbocycles. The Morgan fingerprint density at radius 2 is 0.848 bits per heavy atom. The van der Waals surface area contributed by atoms with Crippen molar-refractivity contribution in [1.29, 1.82) is 0 Å². The Hall–Kier alpha value is -10.1. The SMILES string of the molecule is CC1=CCC2c3ccccc3C3=CC=CC1C32.Cc1ccc(-c2ccccc2)cc1.Cc1ccc2c(c1)C(C)(C)c1ccccc1-2.Cc1ccc2ccc3cccc4ccc1c2c34.Cc1ccc2ccccc2c1.Cc1cccc2ccccc12.Cc1ccccc1. The van der Waals surface area contributed by atoms with Crippen LogP contribution in [0.2, 0.25) is 0 Å². The molecule has 3 atom stereocenters. The quantitative estimate of drug-likeness (QED) is 0.114. The maximum Gasteiger partial charge on any atom is 0.0158 e. The molecule has 0 saturated carbocycles. The van der Waals surface area contributed by atoms with Gasteiger partial charge in [0, 0.05) is 17.3 Å². The molecular formula is C92H84. The molecule has 0 aromatic heterocycles. The van der Waals surface area contributed by atoms with Crippen molar-refractivity contribution in [2.24, 2.45) is 11.8 Å². The van der Waals surface area contributed by atoms with E-state index in [1.807, 2.05) is 24.3 Å². The van der Waals surface area contributed by atoms with E-state index >= 15 is 0 Å². The molecule has 0 bridgehead atoms. The van der Waals surface area contributed by atoms with Crippen LogP contribution < -0.4 is 0 Å². The number of benzene rings is 14. The Morgan fingerprint density at radius 3 is 1.58 bits per heavy atom. The number of aryl methyl sites for hydroxylation is 6. The second-order valence-electron chi connectivity index (χ2n) is 25.9. The van der Waals surface area contributed by atoms with Crippen LogP contribution >= 0.6 is 0 Å². The zero-order chi connectivity index (χ0) is 63.7. The van der Waals surface area contributed by atoms with E-state index in [4.69, 9.17) is 0 Å². The summed E-state index contributed by atoms with van der Waals surface area (Å²) >= 11 is 0. The fourth-order valence-electron chi connectivity index (χ4n) is 14.2. The summed E-state index contributed by atoms with van der Waals surface area (Å²) in [6, 6.07) is 103. The third-order valence-electron chi connectivity index (χ3n) is 19.2. The van der Waals surface area contributed by atoms with E-state index in [2.05, 4.69) is 354 Å². The first-order valence-corrected chi connectivity index (χ1v) is 32.8. The van der Waals surface area contributed by atoms with Gasteiger partial charge in [-0.25, -0.2) is 0 Å². The molecular weight excluding hydrogens is 1110 g/mol. The van der Waals surface area contributed by atoms with Gasteiger partial charge in [0.05, 0.1) is 0 Å². The van der Waals surface area contributed by atoms with Crippen LogP contribution in [0.1, 0.15) is 88.7 Å². The summed E-state index contributed by atoms with van der Waals surface area (Å²) in [6.45, 7) is 19.7. The van der Waals surface area contributed by atoms with Crippen molar-refractivity contribution in [3.63, 3.8) is 0 Å². The van der Waals surface area contributed by atoms with E-state index in [1.165, 1.54) is 133 Å². The standard InChI is InChI=1S/C17H16.C17H12.C16H16.C13H12.2C11H10.C7H8/c1-11-9-10-16-14-6-3-2-5-13(14)15-8-4-7-12(11)17(15)16;1-11-5-6-14-8-7-12-3-2-4-13-9-10-15(11)17(14)16(12)13;1-11-8-9-13-12-6-4-5-7-14(12)16(2,3)15(13)10-11;1-11-7-9-13(10-8-11)12-5-3-2-4-6-12;1-9-5-4-7-10-6-2-3-8-11(9)10;1-9-6-7-10-4-2-3-5-11(10)8-9;1-7-5-3-2-4-6-7/h2-9,12,16-17H,10H2,1H3;2-10H,1H3;4-10H,1-3H3;2-10H,1H3;2*2-8H,1H3;2-6H,1H3. The Balaban J connectivity index is 0.000000105. The van der Waals surface area contributed by atoms with Gasteiger partial charge in [0.15, 0.2) is 0 Å². The zero-order valence-corrected chi connectivity index (χ0v) is 55.0. The fraction of sp³-hybridized carbons (Fsp3) is 0.152. The van der Waals surface area contributed by atoms with Gasteiger partial charge >= 0.3 is 0 Å². The molecule has 452 valence electrons. The molecule has 0 N–H and O–H groups in total. The largest absolute Gasteiger partial charge is 0.0844 e. The van der Waals surface area contributed by atoms with E-state index in [1.54, 1.807) is 16.7 Å². The molecule has 0 heteroatoms. The minimum atomic E-state index is 0.151. The van der Waals surface area contributed by atoms with Crippen LogP contribution in [0.3, 0.4) is 0 Å². The van der Waals surface area contributed by atoms with Gasteiger partial charge in [-0.2, -0.15) is 0 Å². The highest BCUT2D eigenvalue weighted by molar-refractivity contribution is 6.23. The number of fused-ring (bicyclic) bond motifs is 8. The predicted molar refractivity (Wildman–Crippen MR) is 400 cm³/mol. The van der Waals surface area contributed by atoms with Gasteiger partial charge in [-0.15, -0.1) is 0 Å². The molecule has 0 radical (unpaired) electrons. The molecule has 0 nitrogen and oxygen atoms in total. The summed E-state index contributed by atoms with van der Waals surface area (Å²) in [5.41, 5.74) is 22.7. The van der Waals surface area contributed by atoms with Crippen LogP contribution in [0, 0.1) is 53.4 Å². The lowest BCUT2D eigenvalue weighted by atomic mass is 9.69. The van der Waals surface area contributed by atoms with Gasteiger partial charge in [-0.05, 0) is 176 Å². The average molecular weight is 1190 g/mol. The molecule has 14 aromatic carbocycles. The molecule has 0 spiro atoms. The Kier molecular flexibility index (Phi) is 18.8. The van der Waals surface area contributed by atoms with E-state index < -0.39 is 0 Å². The van der Waals surface area contributed by atoms with Gasteiger partial charge in [0.25, 0.3) is 0 Å². The van der Waals surface area contributed by atoms with Crippen molar-refractivity contribution < 1.29 is 0 Å². The first kappa shape index (κ1) is 62.1. The molecule has 18 rings (SSSR count). The topological polar surface area (TPSA) is 0 Å². The Bertz CT molecular complexity index is 4910. The molecule has 3 unspecified atom stereocenters. The number of allylic oxidation sites excluding steroid dienone is 6. The maximum atomic E-state index is 2.45. The van der Waals surface area contributed by atoms with E-state index in [9.17, 15) is 0 Å². The third kappa shape index (κ3) is 13.5. The highest BCUT2D eigenvalue weighted by Gasteiger charge is 2.43. The normalized spacial score (nSPS) is 15.5. The predicted octanol–water partition coefficient (Wildman–Crippen LogP) is 25.5. The van der Waals surface area contributed by atoms with Gasteiger partial charge in [0.2, 0.25) is 0 Å². The second-order valence-corrected chi connectivity index (χ2v) is 25.9. The first-order valence-electron chi connectivity index (χ1n) is 32.8. The zero-order valence-electron chi connectivity index (χ0n) is 55.0. The van der Waals surface area contributed by atoms with Crippen LogP contribution in [0.25, 0.3) is 81.7 Å². The van der Waals surface area contributed by atoms with Gasteiger partial charge in [-0.3, -0.25) is 0 Å². The molecule has 92 heavy (non-hydrogen) atoms. The van der Waals surface area contributed by atoms with Crippen molar-refractivity contribution >= 4 is 59.4 Å². The van der Waals surface area contributed by atoms with Crippen LogP contribution in [0.5, 0.6) is 0 Å². The molecule has 0 aliphatic heterocycles. The Labute approximate surface area is 547 Å². The van der Waals surface area contributed by atoms with Crippen LogP contribution in [-0.4, -0.2) is 0 Å². The summed E-state index contributed by atoms with van der Waals surface area (Å²) in [5.74, 6) is 2.07. The van der Waals surface area contributed by atoms with Crippen molar-refractivity contribution in [2.75, 3.05) is 0 Å². The van der Waals surface area contributed by atoms with Crippen molar-refractivity contribution in [3.05, 3.63) is 377 Å². The summed E-state index contributed by atoms with van der Waals surface area (Å²) < 4.78 is 0. The fourth-order valence-corrected chi connectivity index (χ4v) is 14.2. The van der Waals surface area contributed by atoms with Crippen LogP contribution in [0.4, 0.5) is 0 Å². The molecule has 0 heterocycles. The van der Waals surface area contributed by atoms with Gasteiger partial charge < -0.3 is 0 Å². The number of hydrogen-bond acceptors (Lipinski definition) is 0. The lowest BCUT2D eigenvalue weighted by molar-refractivity contribution is 0.438. The smallest absolute Gasteiger partial charge is 0.0158 e. The summed E-state index contributed by atoms with van der Waals surface area (Å²) in [5, 5.41) is 13.6. The minimum Gasteiger partial charge on any atom is -0.0844 e. The molecule has 4 aliphatic rings. The minimum absolute atomic E-state index is 0.151. The second kappa shape index (κ2) is 27.9. The first-order chi connectivity index (χ1) is 44.8. The van der Waals surface area contributed by atoms with Crippen molar-refractivity contribution in [1.82, 2.24) is 0 Å². The molecule has 0 fully saturated rings. The van der Waals surface area contributed by atoms with Crippen LogP contribution in [0.15, 0.2) is 321 Å². The van der Waals surface area contributed by atoms with E-state index in [0.29, 0.717) is 11.8 Å². The number of rotatable bonds is 1. The average Bonchev–Trinajstić information content (AvgIpc) is 1.43. The Morgan fingerprint density at radius 1 is 0.337 bits per heavy atom. The molecule has 14 aromatic rings. The van der Waals surface area contributed by atoms with Gasteiger partial charge in [-0.1, -0.05) is 357 Å². The molecule has 0 saturated heterocycles. The van der Waals surface area contributed by atoms with Crippen molar-refractivity contribution in [2.45, 2.75) is 80.1 Å². The highest BCUT2D eigenvalue weighted by atomic mass is 14.5. The van der Waals surface area contributed by atoms with Gasteiger partial charge in [0.1, 0.15) is 0 Å². The monoisotopic (exact) mass is 1190 g/mol. The lowest BCUT2D eigenvalue weighted by Crippen LogP contribution is -2.23. The van der Waals surface area contributed by atoms with Crippen LogP contribution in [-0.2, 0) is 5.41 Å². The number of hydrogen-bond donors (Lipinski definition) is 0. The summed E-state index contributed by atoms with van der Waals surface area (Å²) in [6.07, 6.45) is 10.6. The van der Waals surface area contributed by atoms with Crippen molar-refractivity contribution in [3.8, 4) is 22.3 Å². The molecule has 0 amide bonds. The highest BCUT2D eigenvalue weighted by Crippen LogP contribution is 2.56. The maximum absolute atomic E-state index is 2.45. The summed E-state index contributed by atoms with van der Waals surface area (Å²) in [4.78, 5) is 0. The summed E-state index contributed by atoms with van der Waals surface area (Å²) in [7, 11) is 0. The van der Waals surface area contributed by atoms with E-state index in [-0.39, 0.29) is 5.41 Å². The van der Waals surface area contributed by atoms with E-state index in [0.717, 1.165) is 5.92 Å². The third-order valence-corrected chi connectivity index (χ3v) is 19.2. The lowest BCUT2D eigenvalue weighted by Gasteiger charge is -2.34.